The van der Waals surface area contributed by atoms with Crippen molar-refractivity contribution in [3.05, 3.63) is 72.0 Å². The number of hydrogen-bond acceptors (Lipinski definition) is 7. The highest BCUT2D eigenvalue weighted by molar-refractivity contribution is 7.92. The Morgan fingerprint density at radius 3 is 2.22 bits per heavy atom. The lowest BCUT2D eigenvalue weighted by Crippen LogP contribution is -2.34. The molecule has 0 bridgehead atoms. The lowest BCUT2D eigenvalue weighted by molar-refractivity contribution is 0.0699. The fourth-order valence-corrected chi connectivity index (χ4v) is 4.72. The van der Waals surface area contributed by atoms with Gasteiger partial charge >= 0.3 is 5.97 Å². The van der Waals surface area contributed by atoms with Crippen molar-refractivity contribution in [3.8, 4) is 28.6 Å². The second kappa shape index (κ2) is 9.88. The molecular weight excluding hydrogens is 491 g/mol. The third-order valence-electron chi connectivity index (χ3n) is 5.37. The number of sulfonamides is 1. The maximum absolute atomic E-state index is 13.1. The topological polar surface area (TPSA) is 132 Å². The molecule has 0 atom stereocenters. The van der Waals surface area contributed by atoms with Gasteiger partial charge in [0.25, 0.3) is 0 Å². The van der Waals surface area contributed by atoms with Crippen molar-refractivity contribution in [3.63, 3.8) is 0 Å². The summed E-state index contributed by atoms with van der Waals surface area (Å²) in [6.45, 7) is 0.0555. The van der Waals surface area contributed by atoms with Crippen molar-refractivity contribution in [2.24, 2.45) is 5.73 Å². The Bertz CT molecular complexity index is 1520. The molecule has 0 unspecified atom stereocenters. The molecule has 3 N–H and O–H groups in total. The standard InChI is InChI=1S/C25H23FN2O7S/c1-33-22-13-19-21(14-20(22)28(12-11-27)36(2,31)32)35-24(23(19)25(29)30)15-3-7-17(8-4-15)34-18-9-5-16(26)6-10-18/h3-10,13-14H,11-12,27H2,1-2H3,(H,29,30). The molecule has 0 fully saturated rings. The van der Waals surface area contributed by atoms with Gasteiger partial charge in [0.1, 0.15) is 40.0 Å². The summed E-state index contributed by atoms with van der Waals surface area (Å²) in [5.74, 6) is -0.494. The predicted molar refractivity (Wildman–Crippen MR) is 133 cm³/mol. The van der Waals surface area contributed by atoms with E-state index >= 15 is 0 Å². The summed E-state index contributed by atoms with van der Waals surface area (Å²) in [5.41, 5.74) is 6.30. The smallest absolute Gasteiger partial charge is 0.340 e. The van der Waals surface area contributed by atoms with Crippen LogP contribution in [0.2, 0.25) is 0 Å². The second-order valence-corrected chi connectivity index (χ2v) is 9.74. The van der Waals surface area contributed by atoms with Crippen LogP contribution in [-0.2, 0) is 10.0 Å². The molecule has 0 saturated carbocycles. The summed E-state index contributed by atoms with van der Waals surface area (Å²) in [6.07, 6.45) is 1.04. The number of carboxylic acid groups (broad SMARTS) is 1. The molecule has 188 valence electrons. The van der Waals surface area contributed by atoms with E-state index in [1.165, 1.54) is 43.5 Å². The predicted octanol–water partition coefficient (Wildman–Crippen LogP) is 4.46. The molecule has 0 saturated heterocycles. The van der Waals surface area contributed by atoms with E-state index in [1.54, 1.807) is 24.3 Å². The molecule has 0 aliphatic heterocycles. The number of fused-ring (bicyclic) bond motifs is 1. The molecule has 4 aromatic rings. The minimum Gasteiger partial charge on any atom is -0.495 e. The number of carbonyl (C=O) groups is 1. The van der Waals surface area contributed by atoms with E-state index in [-0.39, 0.29) is 52.6 Å². The van der Waals surface area contributed by atoms with E-state index < -0.39 is 16.0 Å². The first-order chi connectivity index (χ1) is 17.1. The van der Waals surface area contributed by atoms with Crippen molar-refractivity contribution in [2.45, 2.75) is 0 Å². The Hall–Kier alpha value is -4.09. The van der Waals surface area contributed by atoms with Gasteiger partial charge in [0.15, 0.2) is 0 Å². The molecule has 0 aliphatic rings. The zero-order valence-corrected chi connectivity index (χ0v) is 20.2. The van der Waals surface area contributed by atoms with Crippen LogP contribution in [0.15, 0.2) is 65.1 Å². The van der Waals surface area contributed by atoms with Gasteiger partial charge in [-0.25, -0.2) is 17.6 Å². The van der Waals surface area contributed by atoms with Crippen LogP contribution in [0.5, 0.6) is 17.2 Å². The molecule has 4 rings (SSSR count). The van der Waals surface area contributed by atoms with Crippen LogP contribution in [0.4, 0.5) is 10.1 Å². The molecule has 36 heavy (non-hydrogen) atoms. The Kier molecular flexibility index (Phi) is 6.86. The number of rotatable bonds is 9. The summed E-state index contributed by atoms with van der Waals surface area (Å²) >= 11 is 0. The SMILES string of the molecule is COc1cc2c(C(=O)O)c(-c3ccc(Oc4ccc(F)cc4)cc3)oc2cc1N(CCN)S(C)(=O)=O. The number of halogens is 1. The van der Waals surface area contributed by atoms with Crippen molar-refractivity contribution in [1.29, 1.82) is 0 Å². The third-order valence-corrected chi connectivity index (χ3v) is 6.55. The number of furan rings is 1. The zero-order valence-electron chi connectivity index (χ0n) is 19.4. The van der Waals surface area contributed by atoms with Crippen LogP contribution in [-0.4, -0.2) is 45.9 Å². The highest BCUT2D eigenvalue weighted by Crippen LogP contribution is 2.41. The lowest BCUT2D eigenvalue weighted by atomic mass is 10.0. The number of benzene rings is 3. The fraction of sp³-hybridized carbons (Fsp3) is 0.160. The molecule has 0 aliphatic carbocycles. The van der Waals surface area contributed by atoms with Gasteiger partial charge in [-0.1, -0.05) is 0 Å². The lowest BCUT2D eigenvalue weighted by Gasteiger charge is -2.23. The van der Waals surface area contributed by atoms with E-state index in [0.717, 1.165) is 10.6 Å². The number of hydrogen-bond donors (Lipinski definition) is 2. The van der Waals surface area contributed by atoms with Gasteiger partial charge in [-0.2, -0.15) is 0 Å². The van der Waals surface area contributed by atoms with Crippen LogP contribution in [0.3, 0.4) is 0 Å². The van der Waals surface area contributed by atoms with Crippen LogP contribution >= 0.6 is 0 Å². The molecule has 0 spiro atoms. The van der Waals surface area contributed by atoms with Gasteiger partial charge in [0.05, 0.1) is 19.1 Å². The molecule has 9 nitrogen and oxygen atoms in total. The maximum Gasteiger partial charge on any atom is 0.340 e. The first-order valence-corrected chi connectivity index (χ1v) is 12.6. The first kappa shape index (κ1) is 25.0. The molecular formula is C25H23FN2O7S. The summed E-state index contributed by atoms with van der Waals surface area (Å²) < 4.78 is 55.9. The fourth-order valence-electron chi connectivity index (χ4n) is 3.78. The third kappa shape index (κ3) is 4.97. The number of nitrogens with zero attached hydrogens (tertiary/aromatic N) is 1. The van der Waals surface area contributed by atoms with Crippen molar-refractivity contribution >= 4 is 32.6 Å². The van der Waals surface area contributed by atoms with Crippen LogP contribution in [0, 0.1) is 5.82 Å². The van der Waals surface area contributed by atoms with Crippen molar-refractivity contribution < 1.29 is 36.6 Å². The summed E-state index contributed by atoms with van der Waals surface area (Å²) in [4.78, 5) is 12.2. The molecule has 0 amide bonds. The quantitative estimate of drug-likeness (QED) is 0.335. The Morgan fingerprint density at radius 1 is 1.08 bits per heavy atom. The Balaban J connectivity index is 1.79. The minimum absolute atomic E-state index is 0.00439. The average molecular weight is 515 g/mol. The van der Waals surface area contributed by atoms with Crippen LogP contribution in [0.1, 0.15) is 10.4 Å². The minimum atomic E-state index is -3.71. The molecule has 1 heterocycles. The highest BCUT2D eigenvalue weighted by Gasteiger charge is 2.27. The first-order valence-electron chi connectivity index (χ1n) is 10.7. The summed E-state index contributed by atoms with van der Waals surface area (Å²) in [6, 6.07) is 14.9. The van der Waals surface area contributed by atoms with Crippen LogP contribution < -0.4 is 19.5 Å². The van der Waals surface area contributed by atoms with Gasteiger partial charge in [-0.05, 0) is 54.6 Å². The number of carboxylic acids is 1. The van der Waals surface area contributed by atoms with Crippen molar-refractivity contribution in [2.75, 3.05) is 30.8 Å². The zero-order chi connectivity index (χ0) is 26.0. The van der Waals surface area contributed by atoms with Gasteiger partial charge < -0.3 is 24.7 Å². The molecule has 0 radical (unpaired) electrons. The summed E-state index contributed by atoms with van der Waals surface area (Å²) in [7, 11) is -2.35. The van der Waals surface area contributed by atoms with E-state index in [2.05, 4.69) is 0 Å². The number of aromatic carboxylic acids is 1. The van der Waals surface area contributed by atoms with E-state index in [9.17, 15) is 22.7 Å². The second-order valence-electron chi connectivity index (χ2n) is 7.84. The maximum atomic E-state index is 13.1. The largest absolute Gasteiger partial charge is 0.495 e. The van der Waals surface area contributed by atoms with Crippen LogP contribution in [0.25, 0.3) is 22.3 Å². The number of nitrogens with two attached hydrogens (primary N) is 1. The van der Waals surface area contributed by atoms with Gasteiger partial charge in [0, 0.05) is 30.1 Å². The average Bonchev–Trinajstić information content (AvgIpc) is 3.21. The summed E-state index contributed by atoms with van der Waals surface area (Å²) in [5, 5.41) is 10.2. The Morgan fingerprint density at radius 2 is 1.69 bits per heavy atom. The highest BCUT2D eigenvalue weighted by atomic mass is 32.2. The number of methoxy groups -OCH3 is 1. The van der Waals surface area contributed by atoms with E-state index in [4.69, 9.17) is 19.6 Å². The monoisotopic (exact) mass is 514 g/mol. The van der Waals surface area contributed by atoms with E-state index in [1.807, 2.05) is 0 Å². The Labute approximate surface area is 206 Å². The molecule has 3 aromatic carbocycles. The number of anilines is 1. The molecule has 1 aromatic heterocycles. The van der Waals surface area contributed by atoms with E-state index in [0.29, 0.717) is 17.1 Å². The normalized spacial score (nSPS) is 11.4. The van der Waals surface area contributed by atoms with Crippen molar-refractivity contribution in [1.82, 2.24) is 0 Å². The van der Waals surface area contributed by atoms with Gasteiger partial charge in [0.2, 0.25) is 10.0 Å². The van der Waals surface area contributed by atoms with Gasteiger partial charge in [-0.3, -0.25) is 4.31 Å². The number of ether oxygens (including phenoxy) is 2. The molecule has 11 heteroatoms. The van der Waals surface area contributed by atoms with Gasteiger partial charge in [-0.15, -0.1) is 0 Å².